The van der Waals surface area contributed by atoms with Crippen LogP contribution in [-0.2, 0) is 4.79 Å². The number of aryl methyl sites for hydroxylation is 1. The third-order valence-corrected chi connectivity index (χ3v) is 7.37. The average Bonchev–Trinajstić information content (AvgIpc) is 2.84. The second-order valence-corrected chi connectivity index (χ2v) is 9.61. The summed E-state index contributed by atoms with van der Waals surface area (Å²) in [5.74, 6) is 1.11. The lowest BCUT2D eigenvalue weighted by Crippen LogP contribution is -2.31. The summed E-state index contributed by atoms with van der Waals surface area (Å²) < 4.78 is 0. The zero-order valence-electron chi connectivity index (χ0n) is 21.9. The maximum absolute atomic E-state index is 11.1. The predicted molar refractivity (Wildman–Crippen MR) is 144 cm³/mol. The number of carbonyl (C=O) groups excluding carboxylic acids is 1. The van der Waals surface area contributed by atoms with Crippen LogP contribution in [0, 0.1) is 12.8 Å². The molecule has 0 spiro atoms. The largest absolute Gasteiger partial charge is 0.345 e. The molecule has 1 heterocycles. The van der Waals surface area contributed by atoms with E-state index in [-0.39, 0.29) is 0 Å². The van der Waals surface area contributed by atoms with Gasteiger partial charge in [-0.3, -0.25) is 4.79 Å². The zero-order chi connectivity index (χ0) is 24.4. The topological polar surface area (TPSA) is 20.3 Å². The molecule has 2 rings (SSSR count). The summed E-state index contributed by atoms with van der Waals surface area (Å²) in [6, 6.07) is 7.05. The van der Waals surface area contributed by atoms with Gasteiger partial charge in [0.05, 0.1) is 0 Å². The number of amides is 1. The van der Waals surface area contributed by atoms with Gasteiger partial charge in [0, 0.05) is 13.1 Å². The van der Waals surface area contributed by atoms with Crippen molar-refractivity contribution in [3.63, 3.8) is 0 Å². The maximum atomic E-state index is 11.1. The number of rotatable bonds is 11. The van der Waals surface area contributed by atoms with Crippen LogP contribution >= 0.6 is 0 Å². The zero-order valence-corrected chi connectivity index (χ0v) is 21.9. The molecule has 0 aliphatic carbocycles. The number of likely N-dealkylation sites (tertiary alicyclic amines) is 1. The third-order valence-electron chi connectivity index (χ3n) is 7.37. The van der Waals surface area contributed by atoms with Crippen molar-refractivity contribution in [3.05, 3.63) is 76.4 Å². The monoisotopic (exact) mass is 447 g/mol. The van der Waals surface area contributed by atoms with Gasteiger partial charge in [-0.1, -0.05) is 82.7 Å². The molecule has 33 heavy (non-hydrogen) atoms. The molecule has 1 fully saturated rings. The molecular weight excluding hydrogens is 402 g/mol. The Morgan fingerprint density at radius 1 is 1.21 bits per heavy atom. The van der Waals surface area contributed by atoms with E-state index >= 15 is 0 Å². The van der Waals surface area contributed by atoms with E-state index in [2.05, 4.69) is 78.5 Å². The lowest BCUT2D eigenvalue weighted by atomic mass is 9.83. The fraction of sp³-hybridized carbons (Fsp3) is 0.516. The molecular formula is C31H45NO. The molecule has 0 N–H and O–H groups in total. The van der Waals surface area contributed by atoms with Crippen LogP contribution in [0.15, 0.2) is 59.7 Å². The lowest BCUT2D eigenvalue weighted by molar-refractivity contribution is -0.119. The van der Waals surface area contributed by atoms with Crippen LogP contribution in [0.5, 0.6) is 0 Å². The van der Waals surface area contributed by atoms with E-state index in [1.807, 2.05) is 11.0 Å². The highest BCUT2D eigenvalue weighted by Crippen LogP contribution is 2.36. The molecule has 1 aliphatic heterocycles. The van der Waals surface area contributed by atoms with Gasteiger partial charge < -0.3 is 4.90 Å². The van der Waals surface area contributed by atoms with Crippen molar-refractivity contribution in [2.75, 3.05) is 13.1 Å². The number of allylic oxidation sites excluding steroid dienone is 7. The minimum Gasteiger partial charge on any atom is -0.345 e. The highest BCUT2D eigenvalue weighted by molar-refractivity contribution is 5.76. The average molecular weight is 448 g/mol. The molecule has 1 unspecified atom stereocenters. The Balaban J connectivity index is 2.58. The van der Waals surface area contributed by atoms with Crippen LogP contribution in [0.4, 0.5) is 0 Å². The summed E-state index contributed by atoms with van der Waals surface area (Å²) in [6.07, 6.45) is 14.0. The van der Waals surface area contributed by atoms with Gasteiger partial charge in [-0.05, 0) is 91.2 Å². The summed E-state index contributed by atoms with van der Waals surface area (Å²) in [6.45, 7) is 19.4. The SMILES string of the molecule is C=C/C=C(\C=C(\C)C(C)CC)C(/CCC)=C(\CC)c1cc(C2CCN(C=O)CC2)ccc1C. The van der Waals surface area contributed by atoms with Crippen molar-refractivity contribution in [3.8, 4) is 0 Å². The molecule has 0 radical (unpaired) electrons. The van der Waals surface area contributed by atoms with Crippen LogP contribution in [0.1, 0.15) is 95.8 Å². The first-order valence-corrected chi connectivity index (χ1v) is 12.9. The predicted octanol–water partition coefficient (Wildman–Crippen LogP) is 8.40. The van der Waals surface area contributed by atoms with Crippen LogP contribution in [0.3, 0.4) is 0 Å². The van der Waals surface area contributed by atoms with E-state index in [1.54, 1.807) is 0 Å². The van der Waals surface area contributed by atoms with E-state index in [9.17, 15) is 4.79 Å². The van der Waals surface area contributed by atoms with E-state index in [0.717, 1.165) is 58.0 Å². The number of nitrogens with zero attached hydrogens (tertiary/aromatic N) is 1. The molecule has 180 valence electrons. The molecule has 1 aliphatic rings. The van der Waals surface area contributed by atoms with Crippen LogP contribution in [0.25, 0.3) is 5.57 Å². The van der Waals surface area contributed by atoms with Crippen molar-refractivity contribution in [1.29, 1.82) is 0 Å². The van der Waals surface area contributed by atoms with E-state index in [1.165, 1.54) is 39.0 Å². The second kappa shape index (κ2) is 13.4. The van der Waals surface area contributed by atoms with Gasteiger partial charge in [-0.25, -0.2) is 0 Å². The molecule has 0 saturated carbocycles. The van der Waals surface area contributed by atoms with Crippen LogP contribution in [-0.4, -0.2) is 24.4 Å². The van der Waals surface area contributed by atoms with Crippen molar-refractivity contribution >= 4 is 12.0 Å². The van der Waals surface area contributed by atoms with E-state index in [4.69, 9.17) is 0 Å². The van der Waals surface area contributed by atoms with Crippen molar-refractivity contribution in [1.82, 2.24) is 4.90 Å². The van der Waals surface area contributed by atoms with Gasteiger partial charge in [-0.2, -0.15) is 0 Å². The van der Waals surface area contributed by atoms with E-state index < -0.39 is 0 Å². The molecule has 1 aromatic carbocycles. The Morgan fingerprint density at radius 2 is 1.91 bits per heavy atom. The summed E-state index contributed by atoms with van der Waals surface area (Å²) in [5, 5.41) is 0. The first kappa shape index (κ1) is 26.9. The number of piperidine rings is 1. The van der Waals surface area contributed by atoms with Gasteiger partial charge >= 0.3 is 0 Å². The fourth-order valence-corrected chi connectivity index (χ4v) is 4.92. The standard InChI is InChI=1S/C31H45NO/c1-8-12-28(20-25(7)23(5)10-3)30(13-9-2)29(11-4)31-21-27(15-14-24(31)6)26-16-18-32(22-33)19-17-26/h8,12,14-15,20-23,26H,1,9-11,13,16-19H2,2-7H3/b25-20-,28-12+,30-29+. The summed E-state index contributed by atoms with van der Waals surface area (Å²) in [5.41, 5.74) is 9.81. The Morgan fingerprint density at radius 3 is 2.45 bits per heavy atom. The molecule has 1 saturated heterocycles. The first-order valence-electron chi connectivity index (χ1n) is 12.9. The first-order chi connectivity index (χ1) is 15.9. The molecule has 1 amide bonds. The van der Waals surface area contributed by atoms with Crippen LogP contribution < -0.4 is 0 Å². The molecule has 2 heteroatoms. The Hall–Kier alpha value is -2.35. The Bertz CT molecular complexity index is 893. The molecule has 1 atom stereocenters. The second-order valence-electron chi connectivity index (χ2n) is 9.61. The lowest BCUT2D eigenvalue weighted by Gasteiger charge is -2.30. The van der Waals surface area contributed by atoms with Crippen molar-refractivity contribution < 1.29 is 4.79 Å². The minimum absolute atomic E-state index is 0.531. The number of hydrogen-bond donors (Lipinski definition) is 0. The van der Waals surface area contributed by atoms with Crippen LogP contribution in [0.2, 0.25) is 0 Å². The molecule has 2 nitrogen and oxygen atoms in total. The highest BCUT2D eigenvalue weighted by atomic mass is 16.1. The summed E-state index contributed by atoms with van der Waals surface area (Å²) in [4.78, 5) is 13.0. The normalized spacial score (nSPS) is 17.6. The van der Waals surface area contributed by atoms with Gasteiger partial charge in [0.1, 0.15) is 0 Å². The Labute approximate surface area is 203 Å². The number of carbonyl (C=O) groups is 1. The fourth-order valence-electron chi connectivity index (χ4n) is 4.92. The Kier molecular flexibility index (Phi) is 10.9. The summed E-state index contributed by atoms with van der Waals surface area (Å²) in [7, 11) is 0. The highest BCUT2D eigenvalue weighted by Gasteiger charge is 2.21. The van der Waals surface area contributed by atoms with Gasteiger partial charge in [0.25, 0.3) is 0 Å². The van der Waals surface area contributed by atoms with E-state index in [0.29, 0.717) is 11.8 Å². The number of hydrogen-bond acceptors (Lipinski definition) is 1. The quantitative estimate of drug-likeness (QED) is 0.246. The van der Waals surface area contributed by atoms with Crippen molar-refractivity contribution in [2.24, 2.45) is 5.92 Å². The minimum atomic E-state index is 0.531. The number of benzene rings is 1. The van der Waals surface area contributed by atoms with Crippen molar-refractivity contribution in [2.45, 2.75) is 86.0 Å². The van der Waals surface area contributed by atoms with Gasteiger partial charge in [0.2, 0.25) is 6.41 Å². The summed E-state index contributed by atoms with van der Waals surface area (Å²) >= 11 is 0. The van der Waals surface area contributed by atoms with Gasteiger partial charge in [0.15, 0.2) is 0 Å². The molecule has 0 bridgehead atoms. The molecule has 0 aromatic heterocycles. The smallest absolute Gasteiger partial charge is 0.209 e. The van der Waals surface area contributed by atoms with Gasteiger partial charge in [-0.15, -0.1) is 0 Å². The molecule has 1 aromatic rings. The maximum Gasteiger partial charge on any atom is 0.209 e. The third kappa shape index (κ3) is 7.06.